The summed E-state index contributed by atoms with van der Waals surface area (Å²) in [4.78, 5) is 25.3. The molecule has 0 unspecified atom stereocenters. The Bertz CT molecular complexity index is 744. The minimum Gasteiger partial charge on any atom is -0.497 e. The Hall–Kier alpha value is -2.47. The van der Waals surface area contributed by atoms with E-state index in [-0.39, 0.29) is 17.2 Å². The van der Waals surface area contributed by atoms with Gasteiger partial charge in [-0.25, -0.2) is 0 Å². The summed E-state index contributed by atoms with van der Waals surface area (Å²) in [6, 6.07) is 15.1. The molecule has 1 aliphatic heterocycles. The van der Waals surface area contributed by atoms with Gasteiger partial charge in [-0.05, 0) is 42.0 Å². The summed E-state index contributed by atoms with van der Waals surface area (Å²) in [5, 5.41) is 2.67. The van der Waals surface area contributed by atoms with E-state index in [1.54, 1.807) is 35.9 Å². The number of nitrogens with zero attached hydrogens (tertiary/aromatic N) is 1. The van der Waals surface area contributed by atoms with Gasteiger partial charge in [0, 0.05) is 18.3 Å². The van der Waals surface area contributed by atoms with Crippen LogP contribution >= 0.6 is 11.8 Å². The van der Waals surface area contributed by atoms with Crippen LogP contribution in [0.25, 0.3) is 0 Å². The summed E-state index contributed by atoms with van der Waals surface area (Å²) >= 11 is 1.60. The minimum absolute atomic E-state index is 0.0602. The molecule has 24 heavy (non-hydrogen) atoms. The summed E-state index contributed by atoms with van der Waals surface area (Å²) in [7, 11) is 1.63. The van der Waals surface area contributed by atoms with E-state index >= 15 is 0 Å². The zero-order chi connectivity index (χ0) is 17.1. The van der Waals surface area contributed by atoms with Crippen molar-refractivity contribution in [2.45, 2.75) is 12.3 Å². The SMILES string of the molecule is COc1ccc([C@H]2SCC(=O)N2c2ccc(NC(C)=O)cc2)cc1. The standard InChI is InChI=1S/C18H18N2O3S/c1-12(21)19-14-5-7-15(8-6-14)20-17(22)11-24-18(20)13-3-9-16(23-2)10-4-13/h3-10,18H,11H2,1-2H3,(H,19,21)/t18-/m1/s1. The van der Waals surface area contributed by atoms with Crippen molar-refractivity contribution in [2.24, 2.45) is 0 Å². The Kier molecular flexibility index (Phi) is 4.76. The second-order valence-electron chi connectivity index (χ2n) is 5.43. The summed E-state index contributed by atoms with van der Waals surface area (Å²) in [5.41, 5.74) is 2.59. The number of anilines is 2. The van der Waals surface area contributed by atoms with Crippen molar-refractivity contribution in [2.75, 3.05) is 23.1 Å². The largest absolute Gasteiger partial charge is 0.497 e. The molecule has 1 atom stereocenters. The number of nitrogens with one attached hydrogen (secondary N) is 1. The van der Waals surface area contributed by atoms with Gasteiger partial charge in [0.1, 0.15) is 11.1 Å². The van der Waals surface area contributed by atoms with Crippen molar-refractivity contribution >= 4 is 35.0 Å². The van der Waals surface area contributed by atoms with E-state index < -0.39 is 0 Å². The van der Waals surface area contributed by atoms with Gasteiger partial charge in [0.2, 0.25) is 11.8 Å². The van der Waals surface area contributed by atoms with Crippen molar-refractivity contribution in [3.63, 3.8) is 0 Å². The molecule has 0 aliphatic carbocycles. The van der Waals surface area contributed by atoms with Crippen LogP contribution in [0.15, 0.2) is 48.5 Å². The van der Waals surface area contributed by atoms with Crippen molar-refractivity contribution in [3.05, 3.63) is 54.1 Å². The average molecular weight is 342 g/mol. The van der Waals surface area contributed by atoms with Gasteiger partial charge < -0.3 is 10.1 Å². The maximum absolute atomic E-state index is 12.4. The van der Waals surface area contributed by atoms with Crippen LogP contribution in [0.3, 0.4) is 0 Å². The molecule has 0 radical (unpaired) electrons. The maximum atomic E-state index is 12.4. The molecule has 2 aromatic carbocycles. The number of ether oxygens (including phenoxy) is 1. The number of thioether (sulfide) groups is 1. The van der Waals surface area contributed by atoms with Crippen molar-refractivity contribution in [3.8, 4) is 5.75 Å². The third kappa shape index (κ3) is 3.38. The van der Waals surface area contributed by atoms with Gasteiger partial charge in [-0.15, -0.1) is 11.8 Å². The highest BCUT2D eigenvalue weighted by Crippen LogP contribution is 2.42. The van der Waals surface area contributed by atoms with E-state index in [0.717, 1.165) is 17.0 Å². The predicted molar refractivity (Wildman–Crippen MR) is 96.4 cm³/mol. The monoisotopic (exact) mass is 342 g/mol. The molecule has 5 nitrogen and oxygen atoms in total. The molecule has 0 aromatic heterocycles. The van der Waals surface area contributed by atoms with E-state index in [9.17, 15) is 9.59 Å². The second-order valence-corrected chi connectivity index (χ2v) is 6.50. The average Bonchev–Trinajstić information content (AvgIpc) is 2.97. The molecular weight excluding hydrogens is 324 g/mol. The van der Waals surface area contributed by atoms with Gasteiger partial charge in [0.25, 0.3) is 0 Å². The Morgan fingerprint density at radius 1 is 1.17 bits per heavy atom. The van der Waals surface area contributed by atoms with Crippen LogP contribution in [0.2, 0.25) is 0 Å². The number of benzene rings is 2. The smallest absolute Gasteiger partial charge is 0.238 e. The molecular formula is C18H18N2O3S. The lowest BCUT2D eigenvalue weighted by molar-refractivity contribution is -0.116. The van der Waals surface area contributed by atoms with Gasteiger partial charge in [-0.1, -0.05) is 12.1 Å². The predicted octanol–water partition coefficient (Wildman–Crippen LogP) is 3.43. The number of methoxy groups -OCH3 is 1. The van der Waals surface area contributed by atoms with Crippen LogP contribution in [-0.4, -0.2) is 24.7 Å². The lowest BCUT2D eigenvalue weighted by Gasteiger charge is -2.24. The molecule has 6 heteroatoms. The van der Waals surface area contributed by atoms with E-state index in [1.807, 2.05) is 36.4 Å². The van der Waals surface area contributed by atoms with Crippen LogP contribution in [0.5, 0.6) is 5.75 Å². The number of hydrogen-bond donors (Lipinski definition) is 1. The fraction of sp³-hybridized carbons (Fsp3) is 0.222. The number of rotatable bonds is 4. The molecule has 3 rings (SSSR count). The van der Waals surface area contributed by atoms with Gasteiger partial charge in [-0.3, -0.25) is 14.5 Å². The molecule has 2 amide bonds. The van der Waals surface area contributed by atoms with Gasteiger partial charge in [0.05, 0.1) is 12.9 Å². The lowest BCUT2D eigenvalue weighted by Crippen LogP contribution is -2.27. The second kappa shape index (κ2) is 6.97. The molecule has 124 valence electrons. The van der Waals surface area contributed by atoms with E-state index in [0.29, 0.717) is 11.4 Å². The topological polar surface area (TPSA) is 58.6 Å². The van der Waals surface area contributed by atoms with E-state index in [1.165, 1.54) is 6.92 Å². The van der Waals surface area contributed by atoms with Crippen LogP contribution in [0, 0.1) is 0 Å². The van der Waals surface area contributed by atoms with Crippen LogP contribution in [0.1, 0.15) is 17.9 Å². The summed E-state index contributed by atoms with van der Waals surface area (Å²) in [6.45, 7) is 1.47. The highest BCUT2D eigenvalue weighted by molar-refractivity contribution is 8.00. The quantitative estimate of drug-likeness (QED) is 0.925. The number of carbonyl (C=O) groups is 2. The minimum atomic E-state index is -0.119. The summed E-state index contributed by atoms with van der Waals surface area (Å²) < 4.78 is 5.19. The first-order valence-electron chi connectivity index (χ1n) is 7.54. The molecule has 1 fully saturated rings. The van der Waals surface area contributed by atoms with Gasteiger partial charge in [0.15, 0.2) is 0 Å². The molecule has 2 aromatic rings. The molecule has 1 heterocycles. The van der Waals surface area contributed by atoms with E-state index in [4.69, 9.17) is 4.74 Å². The van der Waals surface area contributed by atoms with Gasteiger partial charge >= 0.3 is 0 Å². The zero-order valence-electron chi connectivity index (χ0n) is 13.5. The van der Waals surface area contributed by atoms with Crippen molar-refractivity contribution in [1.29, 1.82) is 0 Å². The summed E-state index contributed by atoms with van der Waals surface area (Å²) in [5.74, 6) is 1.20. The van der Waals surface area contributed by atoms with E-state index in [2.05, 4.69) is 5.32 Å². The maximum Gasteiger partial charge on any atom is 0.238 e. The number of carbonyl (C=O) groups excluding carboxylic acids is 2. The summed E-state index contributed by atoms with van der Waals surface area (Å²) in [6.07, 6.45) is 0. The van der Waals surface area contributed by atoms with Gasteiger partial charge in [-0.2, -0.15) is 0 Å². The Morgan fingerprint density at radius 3 is 2.42 bits per heavy atom. The first-order chi connectivity index (χ1) is 11.6. The normalized spacial score (nSPS) is 17.0. The highest BCUT2D eigenvalue weighted by atomic mass is 32.2. The van der Waals surface area contributed by atoms with Crippen LogP contribution < -0.4 is 15.0 Å². The molecule has 1 saturated heterocycles. The fourth-order valence-electron chi connectivity index (χ4n) is 2.63. The number of amides is 2. The lowest BCUT2D eigenvalue weighted by atomic mass is 10.1. The fourth-order valence-corrected chi connectivity index (χ4v) is 3.80. The molecule has 1 aliphatic rings. The Labute approximate surface area is 145 Å². The molecule has 0 saturated carbocycles. The first kappa shape index (κ1) is 16.4. The third-order valence-corrected chi connectivity index (χ3v) is 4.95. The Morgan fingerprint density at radius 2 is 1.83 bits per heavy atom. The molecule has 1 N–H and O–H groups in total. The van der Waals surface area contributed by atoms with Crippen molar-refractivity contribution < 1.29 is 14.3 Å². The number of hydrogen-bond acceptors (Lipinski definition) is 4. The molecule has 0 spiro atoms. The zero-order valence-corrected chi connectivity index (χ0v) is 14.3. The third-order valence-electron chi connectivity index (χ3n) is 3.73. The first-order valence-corrected chi connectivity index (χ1v) is 8.58. The molecule has 0 bridgehead atoms. The van der Waals surface area contributed by atoms with Crippen molar-refractivity contribution in [1.82, 2.24) is 0 Å². The Balaban J connectivity index is 1.86. The van der Waals surface area contributed by atoms with Crippen LogP contribution in [0.4, 0.5) is 11.4 Å². The highest BCUT2D eigenvalue weighted by Gasteiger charge is 2.33. The van der Waals surface area contributed by atoms with Crippen LogP contribution in [-0.2, 0) is 9.59 Å².